The Kier molecular flexibility index (Phi) is 5.11. The van der Waals surface area contributed by atoms with Crippen LogP contribution in [0.2, 0.25) is 0 Å². The number of morpholine rings is 1. The van der Waals surface area contributed by atoms with E-state index < -0.39 is 5.60 Å². The molecule has 2 aliphatic rings. The van der Waals surface area contributed by atoms with Gasteiger partial charge in [0.15, 0.2) is 0 Å². The zero-order chi connectivity index (χ0) is 15.5. The van der Waals surface area contributed by atoms with Crippen molar-refractivity contribution in [3.63, 3.8) is 0 Å². The van der Waals surface area contributed by atoms with Gasteiger partial charge in [-0.15, -0.1) is 0 Å². The summed E-state index contributed by atoms with van der Waals surface area (Å²) in [5, 5.41) is 0. The van der Waals surface area contributed by atoms with E-state index in [-0.39, 0.29) is 11.6 Å². The number of rotatable bonds is 2. The first kappa shape index (κ1) is 16.5. The minimum Gasteiger partial charge on any atom is -0.444 e. The van der Waals surface area contributed by atoms with Crippen molar-refractivity contribution < 1.29 is 14.3 Å². The van der Waals surface area contributed by atoms with Gasteiger partial charge in [0.2, 0.25) is 0 Å². The van der Waals surface area contributed by atoms with Crippen LogP contribution < -0.4 is 5.73 Å². The Labute approximate surface area is 127 Å². The van der Waals surface area contributed by atoms with Gasteiger partial charge in [-0.3, -0.25) is 4.90 Å². The van der Waals surface area contributed by atoms with E-state index in [1.807, 2.05) is 25.7 Å². The number of nitrogens with two attached hydrogens (primary N) is 1. The zero-order valence-electron chi connectivity index (χ0n) is 13.6. The van der Waals surface area contributed by atoms with E-state index in [2.05, 4.69) is 4.90 Å². The van der Waals surface area contributed by atoms with Crippen molar-refractivity contribution in [2.75, 3.05) is 45.9 Å². The second-order valence-corrected chi connectivity index (χ2v) is 7.03. The summed E-state index contributed by atoms with van der Waals surface area (Å²) in [6, 6.07) is 0. The Morgan fingerprint density at radius 2 is 1.95 bits per heavy atom. The Morgan fingerprint density at radius 1 is 1.29 bits per heavy atom. The molecule has 2 fully saturated rings. The molecule has 0 aromatic carbocycles. The van der Waals surface area contributed by atoms with E-state index in [0.29, 0.717) is 13.1 Å². The molecule has 6 heteroatoms. The fraction of sp³-hybridized carbons (Fsp3) is 0.933. The lowest BCUT2D eigenvalue weighted by molar-refractivity contribution is -0.0528. The van der Waals surface area contributed by atoms with E-state index in [0.717, 1.165) is 45.7 Å². The van der Waals surface area contributed by atoms with E-state index in [1.165, 1.54) is 0 Å². The maximum absolute atomic E-state index is 12.3. The highest BCUT2D eigenvalue weighted by molar-refractivity contribution is 5.68. The third kappa shape index (κ3) is 4.08. The molecule has 0 bridgehead atoms. The van der Waals surface area contributed by atoms with Crippen molar-refractivity contribution in [2.45, 2.75) is 44.8 Å². The minimum absolute atomic E-state index is 0.126. The van der Waals surface area contributed by atoms with Crippen molar-refractivity contribution in [1.29, 1.82) is 0 Å². The second kappa shape index (κ2) is 6.50. The molecule has 2 N–H and O–H groups in total. The van der Waals surface area contributed by atoms with Gasteiger partial charge in [0.25, 0.3) is 0 Å². The summed E-state index contributed by atoms with van der Waals surface area (Å²) in [7, 11) is 0. The molecule has 0 radical (unpaired) electrons. The van der Waals surface area contributed by atoms with Crippen molar-refractivity contribution in [1.82, 2.24) is 9.80 Å². The summed E-state index contributed by atoms with van der Waals surface area (Å²) in [6.07, 6.45) is 1.77. The first-order valence-corrected chi connectivity index (χ1v) is 7.87. The zero-order valence-corrected chi connectivity index (χ0v) is 13.6. The first-order valence-electron chi connectivity index (χ1n) is 7.87. The number of piperidine rings is 1. The second-order valence-electron chi connectivity index (χ2n) is 7.03. The molecule has 2 heterocycles. The Bertz CT molecular complexity index is 364. The predicted molar refractivity (Wildman–Crippen MR) is 81.2 cm³/mol. The molecular formula is C15H29N3O3. The third-order valence-electron chi connectivity index (χ3n) is 4.27. The number of nitrogens with zero attached hydrogens (tertiary/aromatic N) is 2. The SMILES string of the molecule is CC(C)(C)OC(=O)N1CCCC(CN)(N2CCOCC2)C1. The summed E-state index contributed by atoms with van der Waals surface area (Å²) in [5.74, 6) is 0. The van der Waals surface area contributed by atoms with Crippen LogP contribution in [0.1, 0.15) is 33.6 Å². The van der Waals surface area contributed by atoms with E-state index >= 15 is 0 Å². The van der Waals surface area contributed by atoms with Gasteiger partial charge in [0, 0.05) is 32.7 Å². The van der Waals surface area contributed by atoms with Crippen LogP contribution in [0.25, 0.3) is 0 Å². The van der Waals surface area contributed by atoms with E-state index in [4.69, 9.17) is 15.2 Å². The Hall–Kier alpha value is -0.850. The largest absolute Gasteiger partial charge is 0.444 e. The molecule has 21 heavy (non-hydrogen) atoms. The quantitative estimate of drug-likeness (QED) is 0.825. The normalized spacial score (nSPS) is 28.5. The van der Waals surface area contributed by atoms with E-state index in [1.54, 1.807) is 0 Å². The average Bonchev–Trinajstić information content (AvgIpc) is 2.46. The summed E-state index contributed by atoms with van der Waals surface area (Å²) in [5.41, 5.74) is 5.51. The van der Waals surface area contributed by atoms with Gasteiger partial charge in [-0.25, -0.2) is 4.79 Å². The maximum Gasteiger partial charge on any atom is 0.410 e. The molecule has 2 aliphatic heterocycles. The molecule has 1 unspecified atom stereocenters. The van der Waals surface area contributed by atoms with Crippen LogP contribution in [0.5, 0.6) is 0 Å². The molecule has 1 amide bonds. The van der Waals surface area contributed by atoms with Crippen LogP contribution in [0.4, 0.5) is 4.79 Å². The highest BCUT2D eigenvalue weighted by Crippen LogP contribution is 2.28. The molecule has 2 saturated heterocycles. The van der Waals surface area contributed by atoms with Gasteiger partial charge < -0.3 is 20.1 Å². The fourth-order valence-electron chi connectivity index (χ4n) is 3.19. The van der Waals surface area contributed by atoms with Crippen molar-refractivity contribution in [3.05, 3.63) is 0 Å². The molecule has 0 aliphatic carbocycles. The molecule has 0 spiro atoms. The van der Waals surface area contributed by atoms with Gasteiger partial charge >= 0.3 is 6.09 Å². The van der Waals surface area contributed by atoms with Crippen molar-refractivity contribution in [2.24, 2.45) is 5.73 Å². The third-order valence-corrected chi connectivity index (χ3v) is 4.27. The predicted octanol–water partition coefficient (Wildman–Crippen LogP) is 1.05. The number of hydrogen-bond donors (Lipinski definition) is 1. The molecule has 1 atom stereocenters. The van der Waals surface area contributed by atoms with Gasteiger partial charge in [-0.05, 0) is 33.6 Å². The standard InChI is InChI=1S/C15H29N3O3/c1-14(2,3)21-13(19)17-6-4-5-15(11-16,12-17)18-7-9-20-10-8-18/h4-12,16H2,1-3H3. The highest BCUT2D eigenvalue weighted by Gasteiger charge is 2.42. The number of ether oxygens (including phenoxy) is 2. The van der Waals surface area contributed by atoms with Crippen LogP contribution in [0.15, 0.2) is 0 Å². The van der Waals surface area contributed by atoms with Crippen LogP contribution in [-0.2, 0) is 9.47 Å². The van der Waals surface area contributed by atoms with Crippen molar-refractivity contribution >= 4 is 6.09 Å². The van der Waals surface area contributed by atoms with Gasteiger partial charge in [-0.2, -0.15) is 0 Å². The topological polar surface area (TPSA) is 68.0 Å². The number of carbonyl (C=O) groups excluding carboxylic acids is 1. The fourth-order valence-corrected chi connectivity index (χ4v) is 3.19. The molecule has 0 aromatic rings. The van der Waals surface area contributed by atoms with Gasteiger partial charge in [0.05, 0.1) is 18.8 Å². The molecule has 2 rings (SSSR count). The molecule has 0 saturated carbocycles. The lowest BCUT2D eigenvalue weighted by Gasteiger charge is -2.50. The van der Waals surface area contributed by atoms with E-state index in [9.17, 15) is 4.79 Å². The lowest BCUT2D eigenvalue weighted by atomic mass is 9.87. The minimum atomic E-state index is -0.459. The Morgan fingerprint density at radius 3 is 2.52 bits per heavy atom. The summed E-state index contributed by atoms with van der Waals surface area (Å²) in [4.78, 5) is 16.5. The Balaban J connectivity index is 2.05. The number of carbonyl (C=O) groups is 1. The summed E-state index contributed by atoms with van der Waals surface area (Å²) in [6.45, 7) is 10.9. The molecule has 122 valence electrons. The maximum atomic E-state index is 12.3. The highest BCUT2D eigenvalue weighted by atomic mass is 16.6. The molecular weight excluding hydrogens is 270 g/mol. The lowest BCUT2D eigenvalue weighted by Crippen LogP contribution is -2.65. The van der Waals surface area contributed by atoms with Gasteiger partial charge in [-0.1, -0.05) is 0 Å². The number of hydrogen-bond acceptors (Lipinski definition) is 5. The van der Waals surface area contributed by atoms with Crippen LogP contribution in [0, 0.1) is 0 Å². The smallest absolute Gasteiger partial charge is 0.410 e. The monoisotopic (exact) mass is 299 g/mol. The van der Waals surface area contributed by atoms with Crippen LogP contribution in [0.3, 0.4) is 0 Å². The van der Waals surface area contributed by atoms with Crippen LogP contribution >= 0.6 is 0 Å². The van der Waals surface area contributed by atoms with Crippen LogP contribution in [-0.4, -0.2) is 73.0 Å². The number of amides is 1. The molecule has 6 nitrogen and oxygen atoms in total. The average molecular weight is 299 g/mol. The van der Waals surface area contributed by atoms with Crippen molar-refractivity contribution in [3.8, 4) is 0 Å². The number of likely N-dealkylation sites (tertiary alicyclic amines) is 1. The molecule has 0 aromatic heterocycles. The first-order chi connectivity index (χ1) is 9.86. The summed E-state index contributed by atoms with van der Waals surface area (Å²) >= 11 is 0. The van der Waals surface area contributed by atoms with Gasteiger partial charge in [0.1, 0.15) is 5.60 Å². The summed E-state index contributed by atoms with van der Waals surface area (Å²) < 4.78 is 10.9.